The predicted molar refractivity (Wildman–Crippen MR) is 36.4 cm³/mol. The third kappa shape index (κ3) is 7.88. The summed E-state index contributed by atoms with van der Waals surface area (Å²) in [6, 6.07) is 0. The van der Waals surface area contributed by atoms with Gasteiger partial charge in [0.05, 0.1) is 19.9 Å². The van der Waals surface area contributed by atoms with Crippen LogP contribution in [-0.2, 0) is 9.47 Å². The van der Waals surface area contributed by atoms with Gasteiger partial charge in [-0.25, -0.2) is 0 Å². The van der Waals surface area contributed by atoms with Crippen LogP contribution in [0.4, 0.5) is 0 Å². The van der Waals surface area contributed by atoms with Crippen LogP contribution in [0.3, 0.4) is 0 Å². The second-order valence-corrected chi connectivity index (χ2v) is 2.11. The zero-order chi connectivity index (χ0) is 7.11. The number of ether oxygens (including phenoxy) is 2. The molecule has 0 aliphatic heterocycles. The smallest absolute Gasteiger partial charge is 0.0986 e. The van der Waals surface area contributed by atoms with Gasteiger partial charge in [0.1, 0.15) is 0 Å². The minimum atomic E-state index is 0.670. The fourth-order valence-electron chi connectivity index (χ4n) is 0.389. The molecule has 0 atom stereocenters. The molecule has 0 aliphatic carbocycles. The molecule has 3 heteroatoms. The van der Waals surface area contributed by atoms with Crippen LogP contribution in [0, 0.1) is 0 Å². The molecule has 0 spiro atoms. The summed E-state index contributed by atoms with van der Waals surface area (Å²) < 4.78 is 9.92. The van der Waals surface area contributed by atoms with Crippen LogP contribution in [0.25, 0.3) is 0 Å². The maximum absolute atomic E-state index is 5.14. The number of nitrogens with zero attached hydrogens (tertiary/aromatic N) is 1. The SMILES string of the molecule is COCCOCN(C)C. The fourth-order valence-corrected chi connectivity index (χ4v) is 0.389. The van der Waals surface area contributed by atoms with Crippen molar-refractivity contribution in [1.29, 1.82) is 0 Å². The van der Waals surface area contributed by atoms with Crippen molar-refractivity contribution in [3.63, 3.8) is 0 Å². The van der Waals surface area contributed by atoms with Gasteiger partial charge in [0.2, 0.25) is 0 Å². The van der Waals surface area contributed by atoms with Crippen LogP contribution in [0.1, 0.15) is 0 Å². The first kappa shape index (κ1) is 8.88. The molecule has 0 radical (unpaired) electrons. The Balaban J connectivity index is 2.75. The summed E-state index contributed by atoms with van der Waals surface area (Å²) in [7, 11) is 5.60. The van der Waals surface area contributed by atoms with Crippen molar-refractivity contribution in [1.82, 2.24) is 4.90 Å². The Morgan fingerprint density at radius 2 is 1.89 bits per heavy atom. The summed E-state index contributed by atoms with van der Waals surface area (Å²) in [5.74, 6) is 0. The van der Waals surface area contributed by atoms with Crippen molar-refractivity contribution >= 4 is 0 Å². The monoisotopic (exact) mass is 133 g/mol. The average Bonchev–Trinajstić information content (AvgIpc) is 1.80. The lowest BCUT2D eigenvalue weighted by Crippen LogP contribution is -2.17. The largest absolute Gasteiger partial charge is 0.382 e. The standard InChI is InChI=1S/C6H15NO2/c1-7(2)6-9-5-4-8-3/h4-6H2,1-3H3. The molecule has 0 aromatic heterocycles. The number of methoxy groups -OCH3 is 1. The molecule has 0 amide bonds. The Morgan fingerprint density at radius 3 is 2.33 bits per heavy atom. The lowest BCUT2D eigenvalue weighted by atomic mass is 10.8. The lowest BCUT2D eigenvalue weighted by Gasteiger charge is -2.08. The van der Waals surface area contributed by atoms with E-state index < -0.39 is 0 Å². The van der Waals surface area contributed by atoms with Gasteiger partial charge >= 0.3 is 0 Å². The van der Waals surface area contributed by atoms with Gasteiger partial charge in [0, 0.05) is 7.11 Å². The maximum atomic E-state index is 5.14. The molecule has 0 saturated carbocycles. The Labute approximate surface area is 56.6 Å². The first-order chi connectivity index (χ1) is 4.27. The highest BCUT2D eigenvalue weighted by atomic mass is 16.5. The molecule has 0 aromatic rings. The zero-order valence-corrected chi connectivity index (χ0v) is 6.39. The van der Waals surface area contributed by atoms with Crippen LogP contribution < -0.4 is 0 Å². The van der Waals surface area contributed by atoms with Crippen molar-refractivity contribution in [2.45, 2.75) is 0 Å². The predicted octanol–water partition coefficient (Wildman–Crippen LogP) is 0.169. The molecular weight excluding hydrogens is 118 g/mol. The van der Waals surface area contributed by atoms with Crippen molar-refractivity contribution in [3.8, 4) is 0 Å². The highest BCUT2D eigenvalue weighted by Gasteiger charge is 1.87. The Kier molecular flexibility index (Phi) is 5.93. The first-order valence-electron chi connectivity index (χ1n) is 2.98. The second-order valence-electron chi connectivity index (χ2n) is 2.11. The number of hydrogen-bond donors (Lipinski definition) is 0. The van der Waals surface area contributed by atoms with Crippen molar-refractivity contribution in [2.75, 3.05) is 41.1 Å². The maximum Gasteiger partial charge on any atom is 0.0986 e. The highest BCUT2D eigenvalue weighted by Crippen LogP contribution is 1.77. The molecule has 0 saturated heterocycles. The summed E-state index contributed by atoms with van der Waals surface area (Å²) in [4.78, 5) is 1.97. The fraction of sp³-hybridized carbons (Fsp3) is 1.00. The molecule has 0 fully saturated rings. The minimum absolute atomic E-state index is 0.670. The number of hydrogen-bond acceptors (Lipinski definition) is 3. The van der Waals surface area contributed by atoms with Crippen molar-refractivity contribution < 1.29 is 9.47 Å². The van der Waals surface area contributed by atoms with Gasteiger partial charge in [-0.15, -0.1) is 0 Å². The van der Waals surface area contributed by atoms with E-state index in [1.165, 1.54) is 0 Å². The summed E-state index contributed by atoms with van der Waals surface area (Å²) in [6.07, 6.45) is 0. The van der Waals surface area contributed by atoms with E-state index in [-0.39, 0.29) is 0 Å². The molecule has 56 valence electrons. The molecular formula is C6H15NO2. The van der Waals surface area contributed by atoms with Gasteiger partial charge in [-0.3, -0.25) is 4.90 Å². The molecule has 3 nitrogen and oxygen atoms in total. The van der Waals surface area contributed by atoms with Crippen LogP contribution in [0.15, 0.2) is 0 Å². The lowest BCUT2D eigenvalue weighted by molar-refractivity contribution is 0.0227. The third-order valence-electron chi connectivity index (χ3n) is 0.781. The van der Waals surface area contributed by atoms with Crippen molar-refractivity contribution in [3.05, 3.63) is 0 Å². The zero-order valence-electron chi connectivity index (χ0n) is 6.39. The van der Waals surface area contributed by atoms with E-state index >= 15 is 0 Å². The van der Waals surface area contributed by atoms with E-state index in [1.807, 2.05) is 19.0 Å². The quantitative estimate of drug-likeness (QED) is 0.394. The Morgan fingerprint density at radius 1 is 1.22 bits per heavy atom. The summed E-state index contributed by atoms with van der Waals surface area (Å²) in [6.45, 7) is 2.02. The highest BCUT2D eigenvalue weighted by molar-refractivity contribution is 4.28. The van der Waals surface area contributed by atoms with Gasteiger partial charge in [0.15, 0.2) is 0 Å². The second kappa shape index (κ2) is 6.01. The van der Waals surface area contributed by atoms with Gasteiger partial charge in [-0.1, -0.05) is 0 Å². The van der Waals surface area contributed by atoms with Crippen LogP contribution >= 0.6 is 0 Å². The normalized spacial score (nSPS) is 10.7. The molecule has 0 unspecified atom stereocenters. The topological polar surface area (TPSA) is 21.7 Å². The van der Waals surface area contributed by atoms with Crippen LogP contribution in [0.2, 0.25) is 0 Å². The summed E-state index contributed by atoms with van der Waals surface area (Å²) in [5.41, 5.74) is 0. The van der Waals surface area contributed by atoms with Crippen LogP contribution in [-0.4, -0.2) is 46.0 Å². The van der Waals surface area contributed by atoms with E-state index in [2.05, 4.69) is 0 Å². The van der Waals surface area contributed by atoms with E-state index in [0.29, 0.717) is 19.9 Å². The summed E-state index contributed by atoms with van der Waals surface area (Å²) in [5, 5.41) is 0. The molecule has 0 bridgehead atoms. The molecule has 0 heterocycles. The van der Waals surface area contributed by atoms with Gasteiger partial charge in [0.25, 0.3) is 0 Å². The van der Waals surface area contributed by atoms with Gasteiger partial charge < -0.3 is 9.47 Å². The summed E-state index contributed by atoms with van der Waals surface area (Å²) >= 11 is 0. The van der Waals surface area contributed by atoms with Crippen LogP contribution in [0.5, 0.6) is 0 Å². The number of rotatable bonds is 5. The third-order valence-corrected chi connectivity index (χ3v) is 0.781. The Bertz CT molecular complexity index is 57.0. The molecule has 0 rings (SSSR count). The van der Waals surface area contributed by atoms with E-state index in [0.717, 1.165) is 0 Å². The Hall–Kier alpha value is -0.120. The minimum Gasteiger partial charge on any atom is -0.382 e. The van der Waals surface area contributed by atoms with Gasteiger partial charge in [-0.2, -0.15) is 0 Å². The molecule has 9 heavy (non-hydrogen) atoms. The molecule has 0 N–H and O–H groups in total. The average molecular weight is 133 g/mol. The van der Waals surface area contributed by atoms with E-state index in [4.69, 9.17) is 9.47 Å². The van der Waals surface area contributed by atoms with Crippen molar-refractivity contribution in [2.24, 2.45) is 0 Å². The van der Waals surface area contributed by atoms with E-state index in [9.17, 15) is 0 Å². The molecule has 0 aromatic carbocycles. The van der Waals surface area contributed by atoms with E-state index in [1.54, 1.807) is 7.11 Å². The van der Waals surface area contributed by atoms with Gasteiger partial charge in [-0.05, 0) is 14.1 Å². The molecule has 0 aliphatic rings. The first-order valence-corrected chi connectivity index (χ1v) is 2.98.